The highest BCUT2D eigenvalue weighted by molar-refractivity contribution is 9.24. The largest absolute Gasteiger partial charge is 0.352 e. The van der Waals surface area contributed by atoms with Gasteiger partial charge in [-0.2, -0.15) is 0 Å². The third-order valence-corrected chi connectivity index (χ3v) is 3.79. The lowest BCUT2D eigenvalue weighted by Gasteiger charge is -2.02. The summed E-state index contributed by atoms with van der Waals surface area (Å²) in [4.78, 5) is 0. The molecule has 0 bridgehead atoms. The van der Waals surface area contributed by atoms with E-state index in [1.165, 1.54) is 12.8 Å². The van der Waals surface area contributed by atoms with Gasteiger partial charge in [-0.1, -0.05) is 61.1 Å². The molecule has 0 N–H and O–H groups in total. The lowest BCUT2D eigenvalue weighted by atomic mass is 10.2. The van der Waals surface area contributed by atoms with Crippen molar-refractivity contribution in [1.29, 1.82) is 0 Å². The van der Waals surface area contributed by atoms with E-state index in [-0.39, 0.29) is 14.4 Å². The van der Waals surface area contributed by atoms with E-state index in [4.69, 9.17) is 4.74 Å². The molecule has 0 radical (unpaired) electrons. The molecule has 0 aromatic heterocycles. The van der Waals surface area contributed by atoms with Gasteiger partial charge < -0.3 is 4.74 Å². The lowest BCUT2D eigenvalue weighted by Crippen LogP contribution is -2.09. The molecular weight excluding hydrogens is 340 g/mol. The summed E-state index contributed by atoms with van der Waals surface area (Å²) in [6.45, 7) is 2.19. The van der Waals surface area contributed by atoms with Gasteiger partial charge >= 0.3 is 0 Å². The zero-order chi connectivity index (χ0) is 8.48. The van der Waals surface area contributed by atoms with E-state index in [2.05, 4.69) is 54.7 Å². The first kappa shape index (κ1) is 10.5. The van der Waals surface area contributed by atoms with Gasteiger partial charge in [0.2, 0.25) is 0 Å². The molecule has 1 nitrogen and oxygen atoms in total. The van der Waals surface area contributed by atoms with E-state index >= 15 is 0 Å². The third-order valence-electron chi connectivity index (χ3n) is 1.79. The maximum Gasteiger partial charge on any atom is 0.151 e. The Labute approximate surface area is 92.6 Å². The zero-order valence-electron chi connectivity index (χ0n) is 6.32. The fourth-order valence-electron chi connectivity index (χ4n) is 1.04. The van der Waals surface area contributed by atoms with Crippen LogP contribution in [0.1, 0.15) is 26.2 Å². The maximum atomic E-state index is 5.49. The van der Waals surface area contributed by atoms with Crippen molar-refractivity contribution in [3.05, 3.63) is 0 Å². The summed E-state index contributed by atoms with van der Waals surface area (Å²) in [5.74, 6) is 0. The Hall–Kier alpha value is 1.40. The van der Waals surface area contributed by atoms with E-state index in [1.807, 2.05) is 0 Å². The number of halogens is 3. The van der Waals surface area contributed by atoms with Gasteiger partial charge in [0.25, 0.3) is 0 Å². The molecule has 2 atom stereocenters. The molecule has 1 aliphatic heterocycles. The second kappa shape index (κ2) is 4.07. The molecule has 11 heavy (non-hydrogen) atoms. The first-order chi connectivity index (χ1) is 5.10. The first-order valence-electron chi connectivity index (χ1n) is 3.75. The Morgan fingerprint density at radius 1 is 1.55 bits per heavy atom. The Bertz CT molecular complexity index is 140. The Balaban J connectivity index is 2.25. The molecule has 0 aromatic carbocycles. The molecule has 0 aromatic rings. The highest BCUT2D eigenvalue weighted by Crippen LogP contribution is 2.51. The summed E-state index contributed by atoms with van der Waals surface area (Å²) >= 11 is 10.4. The Kier molecular flexibility index (Phi) is 3.88. The molecule has 2 unspecified atom stereocenters. The van der Waals surface area contributed by atoms with Gasteiger partial charge in [0.15, 0.2) is 4.51 Å². The first-order valence-corrected chi connectivity index (χ1v) is 6.37. The smallest absolute Gasteiger partial charge is 0.151 e. The van der Waals surface area contributed by atoms with Gasteiger partial charge in [0.05, 0.1) is 3.74 Å². The van der Waals surface area contributed by atoms with E-state index < -0.39 is 0 Å². The van der Waals surface area contributed by atoms with Crippen LogP contribution in [0.25, 0.3) is 0 Å². The molecule has 1 fully saturated rings. The van der Waals surface area contributed by atoms with Gasteiger partial charge in [0.1, 0.15) is 6.10 Å². The molecule has 1 rings (SSSR count). The predicted octanol–water partition coefficient (Wildman–Crippen LogP) is 3.78. The van der Waals surface area contributed by atoms with Crippen molar-refractivity contribution in [3.8, 4) is 0 Å². The van der Waals surface area contributed by atoms with E-state index in [1.54, 1.807) is 0 Å². The average Bonchev–Trinajstić information content (AvgIpc) is 2.60. The third kappa shape index (κ3) is 2.68. The molecule has 0 aliphatic carbocycles. The Morgan fingerprint density at radius 3 is 2.55 bits per heavy atom. The molecule has 1 heterocycles. The summed E-state index contributed by atoms with van der Waals surface area (Å²) in [6.07, 6.45) is 3.82. The molecule has 1 aliphatic rings. The molecule has 0 spiro atoms. The molecule has 0 saturated carbocycles. The van der Waals surface area contributed by atoms with Crippen LogP contribution in [0.4, 0.5) is 0 Å². The molecule has 66 valence electrons. The van der Waals surface area contributed by atoms with Crippen LogP contribution in [0.15, 0.2) is 0 Å². The minimum absolute atomic E-state index is 0.0410. The van der Waals surface area contributed by atoms with Crippen LogP contribution in [0.3, 0.4) is 0 Å². The van der Waals surface area contributed by atoms with E-state index in [0.29, 0.717) is 0 Å². The van der Waals surface area contributed by atoms with E-state index in [0.717, 1.165) is 6.42 Å². The minimum Gasteiger partial charge on any atom is -0.352 e. The maximum absolute atomic E-state index is 5.49. The second-order valence-electron chi connectivity index (χ2n) is 2.76. The quantitative estimate of drug-likeness (QED) is 0.555. The average molecular weight is 351 g/mol. The highest BCUT2D eigenvalue weighted by Gasteiger charge is 2.56. The van der Waals surface area contributed by atoms with Crippen LogP contribution < -0.4 is 0 Å². The van der Waals surface area contributed by atoms with Gasteiger partial charge in [-0.15, -0.1) is 0 Å². The van der Waals surface area contributed by atoms with Crippen LogP contribution >= 0.6 is 47.8 Å². The number of ether oxygens (including phenoxy) is 1. The van der Waals surface area contributed by atoms with Crippen LogP contribution in [0.2, 0.25) is 0 Å². The standard InChI is InChI=1S/C7H11Br3O/c1-2-3-4-7(10)5(11-7)6(8)9/h5-6H,2-4H2,1H3. The molecule has 1 saturated heterocycles. The number of unbranched alkanes of at least 4 members (excludes halogenated alkanes) is 1. The van der Waals surface area contributed by atoms with Crippen molar-refractivity contribution in [2.45, 2.75) is 40.5 Å². The summed E-state index contributed by atoms with van der Waals surface area (Å²) in [7, 11) is 0. The summed E-state index contributed by atoms with van der Waals surface area (Å²) in [6, 6.07) is 0. The van der Waals surface area contributed by atoms with Crippen molar-refractivity contribution in [3.63, 3.8) is 0 Å². The van der Waals surface area contributed by atoms with Crippen LogP contribution in [0, 0.1) is 0 Å². The summed E-state index contributed by atoms with van der Waals surface area (Å²) < 4.78 is 5.72. The minimum atomic E-state index is -0.0410. The van der Waals surface area contributed by atoms with Crippen molar-refractivity contribution < 1.29 is 4.74 Å². The van der Waals surface area contributed by atoms with Gasteiger partial charge in [-0.05, 0) is 12.8 Å². The predicted molar refractivity (Wildman–Crippen MR) is 57.7 cm³/mol. The van der Waals surface area contributed by atoms with Crippen LogP contribution in [-0.4, -0.2) is 14.4 Å². The monoisotopic (exact) mass is 348 g/mol. The summed E-state index contributed by atoms with van der Waals surface area (Å²) in [5, 5.41) is 0. The van der Waals surface area contributed by atoms with Gasteiger partial charge in [-0.25, -0.2) is 0 Å². The zero-order valence-corrected chi connectivity index (χ0v) is 11.1. The fraction of sp³-hybridized carbons (Fsp3) is 1.00. The van der Waals surface area contributed by atoms with Gasteiger partial charge in [0, 0.05) is 0 Å². The summed E-state index contributed by atoms with van der Waals surface area (Å²) in [5.41, 5.74) is 0. The molecule has 0 amide bonds. The van der Waals surface area contributed by atoms with E-state index in [9.17, 15) is 0 Å². The number of alkyl halides is 3. The SMILES string of the molecule is CCCCC1(Br)OC1C(Br)Br. The van der Waals surface area contributed by atoms with Crippen molar-refractivity contribution in [1.82, 2.24) is 0 Å². The highest BCUT2D eigenvalue weighted by atomic mass is 79.9. The van der Waals surface area contributed by atoms with Crippen LogP contribution in [-0.2, 0) is 4.74 Å². The molecular formula is C7H11Br3O. The van der Waals surface area contributed by atoms with Crippen molar-refractivity contribution in [2.75, 3.05) is 0 Å². The van der Waals surface area contributed by atoms with Crippen molar-refractivity contribution in [2.24, 2.45) is 0 Å². The normalized spacial score (nSPS) is 36.3. The topological polar surface area (TPSA) is 12.5 Å². The Morgan fingerprint density at radius 2 is 2.18 bits per heavy atom. The lowest BCUT2D eigenvalue weighted by molar-refractivity contribution is 0.352. The fourth-order valence-corrected chi connectivity index (χ4v) is 3.56. The molecule has 4 heteroatoms. The number of rotatable bonds is 4. The number of epoxide rings is 1. The van der Waals surface area contributed by atoms with Crippen molar-refractivity contribution >= 4 is 47.8 Å². The second-order valence-corrected chi connectivity index (χ2v) is 7.31. The number of hydrogen-bond donors (Lipinski definition) is 0. The van der Waals surface area contributed by atoms with Crippen LogP contribution in [0.5, 0.6) is 0 Å². The van der Waals surface area contributed by atoms with Gasteiger partial charge in [-0.3, -0.25) is 0 Å². The number of hydrogen-bond acceptors (Lipinski definition) is 1.